The van der Waals surface area contributed by atoms with Crippen molar-refractivity contribution < 1.29 is 0 Å². The first-order valence-corrected chi connectivity index (χ1v) is 8.43. The minimum Gasteiger partial charge on any atom is -0.267 e. The number of hydrogen-bond acceptors (Lipinski definition) is 3. The lowest BCUT2D eigenvalue weighted by molar-refractivity contribution is 0.858. The molecule has 0 fully saturated rings. The van der Waals surface area contributed by atoms with Crippen LogP contribution in [0.4, 0.5) is 0 Å². The number of aromatic nitrogens is 2. The number of halogens is 1. The van der Waals surface area contributed by atoms with Crippen molar-refractivity contribution in [2.75, 3.05) is 0 Å². The normalized spacial score (nSPS) is 11.4. The van der Waals surface area contributed by atoms with Crippen molar-refractivity contribution in [2.45, 2.75) is 6.92 Å². The molecule has 0 radical (unpaired) electrons. The average molecular weight is 371 g/mol. The first kappa shape index (κ1) is 13.7. The molecule has 3 nitrogen and oxygen atoms in total. The van der Waals surface area contributed by atoms with Gasteiger partial charge in [-0.2, -0.15) is 9.78 Å². The minimum absolute atomic E-state index is 0.0585. The molecule has 0 spiro atoms. The standard InChI is InChI=1S/C17H11BrN2OS/c1-10-15-16(13-4-2-3-5-14(13)22-10)19-20(17(15)21)12-8-6-11(18)7-9-12/h2-9H,1H3. The van der Waals surface area contributed by atoms with Gasteiger partial charge in [0, 0.05) is 19.4 Å². The minimum atomic E-state index is -0.0585. The van der Waals surface area contributed by atoms with Gasteiger partial charge in [-0.25, -0.2) is 0 Å². The molecule has 2 aromatic carbocycles. The molecule has 0 unspecified atom stereocenters. The molecule has 2 heterocycles. The SMILES string of the molecule is Cc1sc2ccccc2c2nn(-c3ccc(Br)cc3)c(=O)c1-2. The average Bonchev–Trinajstić information content (AvgIpc) is 2.87. The molecule has 0 saturated heterocycles. The van der Waals surface area contributed by atoms with Gasteiger partial charge in [0.05, 0.1) is 11.3 Å². The highest BCUT2D eigenvalue weighted by Crippen LogP contribution is 2.34. The largest absolute Gasteiger partial charge is 0.282 e. The van der Waals surface area contributed by atoms with Gasteiger partial charge < -0.3 is 0 Å². The van der Waals surface area contributed by atoms with Gasteiger partial charge in [-0.15, -0.1) is 11.3 Å². The van der Waals surface area contributed by atoms with E-state index in [4.69, 9.17) is 0 Å². The lowest BCUT2D eigenvalue weighted by Gasteiger charge is -2.03. The Bertz CT molecular complexity index is 1020. The summed E-state index contributed by atoms with van der Waals surface area (Å²) in [4.78, 5) is 13.8. The Hall–Kier alpha value is -1.98. The highest BCUT2D eigenvalue weighted by atomic mass is 79.9. The number of rotatable bonds is 1. The van der Waals surface area contributed by atoms with Crippen LogP contribution in [0, 0.1) is 6.92 Å². The predicted octanol–water partition coefficient (Wildman–Crippen LogP) is 4.62. The van der Waals surface area contributed by atoms with E-state index in [-0.39, 0.29) is 5.56 Å². The molecular weight excluding hydrogens is 360 g/mol. The molecule has 22 heavy (non-hydrogen) atoms. The molecule has 0 aliphatic carbocycles. The lowest BCUT2D eigenvalue weighted by atomic mass is 10.1. The van der Waals surface area contributed by atoms with Gasteiger partial charge >= 0.3 is 0 Å². The van der Waals surface area contributed by atoms with Crippen LogP contribution < -0.4 is 5.56 Å². The zero-order valence-corrected chi connectivity index (χ0v) is 14.1. The van der Waals surface area contributed by atoms with E-state index < -0.39 is 0 Å². The molecule has 2 aromatic rings. The number of hydrogen-bond donors (Lipinski definition) is 0. The third-order valence-corrected chi connectivity index (χ3v) is 5.29. The molecule has 108 valence electrons. The topological polar surface area (TPSA) is 34.9 Å². The fraction of sp³-hybridized carbons (Fsp3) is 0.0588. The number of benzene rings is 2. The van der Waals surface area contributed by atoms with E-state index in [9.17, 15) is 4.79 Å². The lowest BCUT2D eigenvalue weighted by Crippen LogP contribution is -2.14. The quantitative estimate of drug-likeness (QED) is 0.489. The van der Waals surface area contributed by atoms with Crippen molar-refractivity contribution in [1.29, 1.82) is 0 Å². The summed E-state index contributed by atoms with van der Waals surface area (Å²) in [6.07, 6.45) is 0. The summed E-state index contributed by atoms with van der Waals surface area (Å²) in [6.45, 7) is 1.98. The van der Waals surface area contributed by atoms with Gasteiger partial charge in [0.25, 0.3) is 5.56 Å². The third-order valence-electron chi connectivity index (χ3n) is 3.67. The van der Waals surface area contributed by atoms with Crippen LogP contribution in [0.5, 0.6) is 0 Å². The number of aryl methyl sites for hydroxylation is 1. The Morgan fingerprint density at radius 3 is 2.59 bits per heavy atom. The molecule has 2 aliphatic heterocycles. The second kappa shape index (κ2) is 5.04. The maximum Gasteiger partial charge on any atom is 0.282 e. The summed E-state index contributed by atoms with van der Waals surface area (Å²) in [5.74, 6) is 0. The molecule has 0 bridgehead atoms. The summed E-state index contributed by atoms with van der Waals surface area (Å²) in [5.41, 5.74) is 2.21. The Kier molecular flexibility index (Phi) is 3.13. The van der Waals surface area contributed by atoms with Crippen molar-refractivity contribution in [3.05, 3.63) is 68.2 Å². The zero-order valence-electron chi connectivity index (χ0n) is 11.7. The molecule has 0 amide bonds. The molecular formula is C17H11BrN2OS. The monoisotopic (exact) mass is 370 g/mol. The Labute approximate surface area is 139 Å². The van der Waals surface area contributed by atoms with Crippen molar-refractivity contribution in [3.8, 4) is 16.9 Å². The van der Waals surface area contributed by atoms with Gasteiger partial charge in [-0.3, -0.25) is 4.79 Å². The van der Waals surface area contributed by atoms with E-state index in [0.29, 0.717) is 5.56 Å². The molecule has 0 saturated carbocycles. The summed E-state index contributed by atoms with van der Waals surface area (Å²) in [6, 6.07) is 15.7. The van der Waals surface area contributed by atoms with Gasteiger partial charge in [-0.1, -0.05) is 34.1 Å². The summed E-state index contributed by atoms with van der Waals surface area (Å²) in [7, 11) is 0. The van der Waals surface area contributed by atoms with Gasteiger partial charge in [0.1, 0.15) is 5.69 Å². The second-order valence-corrected chi connectivity index (χ2v) is 7.24. The molecule has 2 aliphatic rings. The van der Waals surface area contributed by atoms with Crippen molar-refractivity contribution in [3.63, 3.8) is 0 Å². The smallest absolute Gasteiger partial charge is 0.267 e. The van der Waals surface area contributed by atoms with Crippen molar-refractivity contribution >= 4 is 37.4 Å². The van der Waals surface area contributed by atoms with E-state index in [1.807, 2.05) is 49.4 Å². The van der Waals surface area contributed by atoms with E-state index in [1.54, 1.807) is 11.3 Å². The van der Waals surface area contributed by atoms with Crippen LogP contribution in [-0.2, 0) is 0 Å². The maximum absolute atomic E-state index is 12.8. The zero-order chi connectivity index (χ0) is 15.3. The molecule has 0 aromatic heterocycles. The maximum atomic E-state index is 12.8. The van der Waals surface area contributed by atoms with Crippen LogP contribution in [0.15, 0.2) is 57.8 Å². The number of fused-ring (bicyclic) bond motifs is 3. The molecule has 0 atom stereocenters. The van der Waals surface area contributed by atoms with Crippen LogP contribution >= 0.6 is 27.3 Å². The molecule has 4 rings (SSSR count). The van der Waals surface area contributed by atoms with Gasteiger partial charge in [0.2, 0.25) is 0 Å². The first-order chi connectivity index (χ1) is 10.6. The second-order valence-electron chi connectivity index (χ2n) is 5.07. The summed E-state index contributed by atoms with van der Waals surface area (Å²) in [5, 5.41) is 5.63. The first-order valence-electron chi connectivity index (χ1n) is 6.82. The van der Waals surface area contributed by atoms with E-state index in [1.165, 1.54) is 4.68 Å². The molecule has 5 heteroatoms. The van der Waals surface area contributed by atoms with Crippen LogP contribution in [0.3, 0.4) is 0 Å². The molecule has 0 N–H and O–H groups in total. The highest BCUT2D eigenvalue weighted by Gasteiger charge is 2.21. The Morgan fingerprint density at radius 2 is 1.82 bits per heavy atom. The van der Waals surface area contributed by atoms with Gasteiger partial charge in [-0.05, 0) is 37.3 Å². The van der Waals surface area contributed by atoms with Crippen molar-refractivity contribution in [2.24, 2.45) is 0 Å². The number of nitrogens with zero attached hydrogens (tertiary/aromatic N) is 2. The van der Waals surface area contributed by atoms with Crippen LogP contribution in [0.25, 0.3) is 27.0 Å². The Balaban J connectivity index is 2.10. The van der Waals surface area contributed by atoms with E-state index >= 15 is 0 Å². The summed E-state index contributed by atoms with van der Waals surface area (Å²) < 4.78 is 3.61. The van der Waals surface area contributed by atoms with E-state index in [0.717, 1.165) is 30.8 Å². The summed E-state index contributed by atoms with van der Waals surface area (Å²) >= 11 is 5.04. The van der Waals surface area contributed by atoms with Crippen molar-refractivity contribution in [1.82, 2.24) is 9.78 Å². The fourth-order valence-electron chi connectivity index (χ4n) is 2.63. The Morgan fingerprint density at radius 1 is 1.09 bits per heavy atom. The van der Waals surface area contributed by atoms with Crippen LogP contribution in [0.1, 0.15) is 4.88 Å². The van der Waals surface area contributed by atoms with Crippen LogP contribution in [-0.4, -0.2) is 9.78 Å². The third kappa shape index (κ3) is 2.01. The predicted molar refractivity (Wildman–Crippen MR) is 94.3 cm³/mol. The fourth-order valence-corrected chi connectivity index (χ4v) is 3.93. The van der Waals surface area contributed by atoms with E-state index in [2.05, 4.69) is 27.1 Å². The van der Waals surface area contributed by atoms with Crippen LogP contribution in [0.2, 0.25) is 0 Å². The highest BCUT2D eigenvalue weighted by molar-refractivity contribution is 9.10. The van der Waals surface area contributed by atoms with Gasteiger partial charge in [0.15, 0.2) is 0 Å².